The zero-order valence-corrected chi connectivity index (χ0v) is 13.4. The van der Waals surface area contributed by atoms with Gasteiger partial charge in [-0.05, 0) is 38.1 Å². The molecular formula is C18H17N3O3. The van der Waals surface area contributed by atoms with Gasteiger partial charge in [0.15, 0.2) is 0 Å². The fourth-order valence-electron chi connectivity index (χ4n) is 2.38. The highest BCUT2D eigenvalue weighted by Crippen LogP contribution is 2.22. The van der Waals surface area contributed by atoms with Gasteiger partial charge in [-0.25, -0.2) is 4.98 Å². The molecular weight excluding hydrogens is 306 g/mol. The molecule has 24 heavy (non-hydrogen) atoms. The normalized spacial score (nSPS) is 11.2. The predicted molar refractivity (Wildman–Crippen MR) is 93.0 cm³/mol. The molecule has 0 aliphatic heterocycles. The average molecular weight is 323 g/mol. The number of ether oxygens (including phenoxy) is 1. The Hall–Kier alpha value is -3.15. The standard InChI is InChI=1S/C18H17N3O3/c1-3-24-14-9-8-13(17(22)10-14)11-19-21-12(2)20-16-7-5-4-6-15(16)18(21)23/h4-11,22H,3H2,1-2H3/b19-11+. The van der Waals surface area contributed by atoms with Crippen LogP contribution in [0, 0.1) is 6.92 Å². The molecule has 6 heteroatoms. The zero-order chi connectivity index (χ0) is 17.1. The maximum atomic E-state index is 12.5. The number of phenolic OH excluding ortho intramolecular Hbond substituents is 1. The summed E-state index contributed by atoms with van der Waals surface area (Å²) in [5, 5.41) is 14.7. The first-order valence-corrected chi connectivity index (χ1v) is 7.58. The van der Waals surface area contributed by atoms with E-state index in [1.54, 1.807) is 37.3 Å². The third kappa shape index (κ3) is 2.99. The SMILES string of the molecule is CCOc1ccc(/C=N/n2c(C)nc3ccccc3c2=O)c(O)c1. The van der Waals surface area contributed by atoms with E-state index in [1.165, 1.54) is 17.0 Å². The van der Waals surface area contributed by atoms with Gasteiger partial charge in [0.2, 0.25) is 0 Å². The second-order valence-electron chi connectivity index (χ2n) is 5.19. The highest BCUT2D eigenvalue weighted by Gasteiger charge is 2.07. The monoisotopic (exact) mass is 323 g/mol. The van der Waals surface area contributed by atoms with E-state index in [-0.39, 0.29) is 11.3 Å². The first kappa shape index (κ1) is 15.7. The van der Waals surface area contributed by atoms with Gasteiger partial charge in [-0.3, -0.25) is 4.79 Å². The van der Waals surface area contributed by atoms with Gasteiger partial charge in [-0.1, -0.05) is 12.1 Å². The van der Waals surface area contributed by atoms with Gasteiger partial charge in [0.1, 0.15) is 17.3 Å². The van der Waals surface area contributed by atoms with Gasteiger partial charge in [0, 0.05) is 11.6 Å². The van der Waals surface area contributed by atoms with Crippen molar-refractivity contribution < 1.29 is 9.84 Å². The lowest BCUT2D eigenvalue weighted by molar-refractivity contribution is 0.337. The molecule has 3 aromatic rings. The number of rotatable bonds is 4. The summed E-state index contributed by atoms with van der Waals surface area (Å²) in [5.74, 6) is 1.08. The van der Waals surface area contributed by atoms with Gasteiger partial charge >= 0.3 is 0 Å². The Kier molecular flexibility index (Phi) is 4.29. The fourth-order valence-corrected chi connectivity index (χ4v) is 2.38. The van der Waals surface area contributed by atoms with Crippen LogP contribution in [0.5, 0.6) is 11.5 Å². The molecule has 0 aliphatic rings. The molecule has 0 fully saturated rings. The van der Waals surface area contributed by atoms with E-state index >= 15 is 0 Å². The first-order chi connectivity index (χ1) is 11.6. The van der Waals surface area contributed by atoms with Crippen molar-refractivity contribution in [3.63, 3.8) is 0 Å². The van der Waals surface area contributed by atoms with Crippen LogP contribution in [0.2, 0.25) is 0 Å². The molecule has 2 aromatic carbocycles. The van der Waals surface area contributed by atoms with Crippen LogP contribution in [-0.4, -0.2) is 27.6 Å². The number of para-hydroxylation sites is 1. The maximum Gasteiger partial charge on any atom is 0.282 e. The third-order valence-electron chi connectivity index (χ3n) is 3.54. The number of hydrogen-bond acceptors (Lipinski definition) is 5. The molecule has 6 nitrogen and oxygen atoms in total. The van der Waals surface area contributed by atoms with Crippen LogP contribution in [-0.2, 0) is 0 Å². The van der Waals surface area contributed by atoms with Crippen molar-refractivity contribution in [1.82, 2.24) is 9.66 Å². The van der Waals surface area contributed by atoms with Gasteiger partial charge in [0.25, 0.3) is 5.56 Å². The van der Waals surface area contributed by atoms with Crippen LogP contribution in [0.4, 0.5) is 0 Å². The van der Waals surface area contributed by atoms with Crippen molar-refractivity contribution in [2.45, 2.75) is 13.8 Å². The number of aromatic hydroxyl groups is 1. The van der Waals surface area contributed by atoms with Crippen LogP contribution < -0.4 is 10.3 Å². The Labute approximate surface area is 138 Å². The first-order valence-electron chi connectivity index (χ1n) is 7.58. The van der Waals surface area contributed by atoms with Crippen molar-refractivity contribution in [2.24, 2.45) is 5.10 Å². The zero-order valence-electron chi connectivity index (χ0n) is 13.4. The number of nitrogens with zero attached hydrogens (tertiary/aromatic N) is 3. The minimum atomic E-state index is -0.250. The predicted octanol–water partition coefficient (Wildman–Crippen LogP) is 2.69. The van der Waals surface area contributed by atoms with E-state index in [4.69, 9.17) is 4.74 Å². The number of phenols is 1. The minimum absolute atomic E-state index is 0.0316. The number of aromatic nitrogens is 2. The Balaban J connectivity index is 2.01. The summed E-state index contributed by atoms with van der Waals surface area (Å²) in [7, 11) is 0. The molecule has 0 atom stereocenters. The Morgan fingerprint density at radius 2 is 2.08 bits per heavy atom. The van der Waals surface area contributed by atoms with Crippen LogP contribution in [0.3, 0.4) is 0 Å². The lowest BCUT2D eigenvalue weighted by atomic mass is 10.2. The molecule has 0 bridgehead atoms. The van der Waals surface area contributed by atoms with Gasteiger partial charge in [-0.15, -0.1) is 0 Å². The van der Waals surface area contributed by atoms with Crippen molar-refractivity contribution in [3.8, 4) is 11.5 Å². The van der Waals surface area contributed by atoms with Crippen molar-refractivity contribution in [3.05, 3.63) is 64.2 Å². The van der Waals surface area contributed by atoms with Crippen LogP contribution in [0.1, 0.15) is 18.3 Å². The lowest BCUT2D eigenvalue weighted by Crippen LogP contribution is -2.20. The van der Waals surface area contributed by atoms with Gasteiger partial charge < -0.3 is 9.84 Å². The smallest absolute Gasteiger partial charge is 0.282 e. The number of hydrogen-bond donors (Lipinski definition) is 1. The van der Waals surface area contributed by atoms with Crippen LogP contribution in [0.25, 0.3) is 10.9 Å². The molecule has 0 radical (unpaired) electrons. The van der Waals surface area contributed by atoms with Crippen LogP contribution in [0.15, 0.2) is 52.4 Å². The third-order valence-corrected chi connectivity index (χ3v) is 3.54. The van der Waals surface area contributed by atoms with Crippen molar-refractivity contribution >= 4 is 17.1 Å². The Morgan fingerprint density at radius 1 is 1.29 bits per heavy atom. The summed E-state index contributed by atoms with van der Waals surface area (Å²) in [6, 6.07) is 12.0. The molecule has 122 valence electrons. The number of aryl methyl sites for hydroxylation is 1. The molecule has 0 amide bonds. The fraction of sp³-hybridized carbons (Fsp3) is 0.167. The highest BCUT2D eigenvalue weighted by atomic mass is 16.5. The largest absolute Gasteiger partial charge is 0.507 e. The van der Waals surface area contributed by atoms with Crippen LogP contribution >= 0.6 is 0 Å². The molecule has 0 aliphatic carbocycles. The van der Waals surface area contributed by atoms with Crippen molar-refractivity contribution in [1.29, 1.82) is 0 Å². The highest BCUT2D eigenvalue weighted by molar-refractivity contribution is 5.84. The topological polar surface area (TPSA) is 76.7 Å². The molecule has 0 unspecified atom stereocenters. The van der Waals surface area contributed by atoms with E-state index in [1.807, 2.05) is 13.0 Å². The van der Waals surface area contributed by atoms with Gasteiger partial charge in [0.05, 0.1) is 23.7 Å². The summed E-state index contributed by atoms with van der Waals surface area (Å²) in [5.41, 5.74) is 0.869. The second-order valence-corrected chi connectivity index (χ2v) is 5.19. The molecule has 0 saturated carbocycles. The van der Waals surface area contributed by atoms with E-state index < -0.39 is 0 Å². The quantitative estimate of drug-likeness (QED) is 0.749. The minimum Gasteiger partial charge on any atom is -0.507 e. The second kappa shape index (κ2) is 6.54. The Bertz CT molecular complexity index is 977. The lowest BCUT2D eigenvalue weighted by Gasteiger charge is -2.06. The van der Waals surface area contributed by atoms with Crippen molar-refractivity contribution in [2.75, 3.05) is 6.61 Å². The summed E-state index contributed by atoms with van der Waals surface area (Å²) < 4.78 is 6.54. The molecule has 1 aromatic heterocycles. The van der Waals surface area contributed by atoms with E-state index in [9.17, 15) is 9.90 Å². The summed E-state index contributed by atoms with van der Waals surface area (Å²) in [6.45, 7) is 4.10. The average Bonchev–Trinajstić information content (AvgIpc) is 2.56. The molecule has 1 heterocycles. The van der Waals surface area contributed by atoms with Gasteiger partial charge in [-0.2, -0.15) is 9.78 Å². The maximum absolute atomic E-state index is 12.5. The Morgan fingerprint density at radius 3 is 2.83 bits per heavy atom. The number of benzene rings is 2. The summed E-state index contributed by atoms with van der Waals surface area (Å²) in [4.78, 5) is 16.9. The molecule has 3 rings (SSSR count). The number of fused-ring (bicyclic) bond motifs is 1. The van der Waals surface area contributed by atoms with E-state index in [0.717, 1.165) is 0 Å². The van der Waals surface area contributed by atoms with E-state index in [2.05, 4.69) is 10.1 Å². The molecule has 1 N–H and O–H groups in total. The molecule has 0 saturated heterocycles. The van der Waals surface area contributed by atoms with E-state index in [0.29, 0.717) is 34.6 Å². The summed E-state index contributed by atoms with van der Waals surface area (Å²) in [6.07, 6.45) is 1.43. The summed E-state index contributed by atoms with van der Waals surface area (Å²) >= 11 is 0. The molecule has 0 spiro atoms.